The van der Waals surface area contributed by atoms with E-state index in [0.717, 1.165) is 6.42 Å². The Hall–Kier alpha value is -1.11. The molecule has 0 saturated heterocycles. The zero-order chi connectivity index (χ0) is 15.7. The quantitative estimate of drug-likeness (QED) is 0.651. The summed E-state index contributed by atoms with van der Waals surface area (Å²) in [6, 6.07) is 6.89. The van der Waals surface area contributed by atoms with Crippen molar-refractivity contribution in [1.29, 1.82) is 0 Å². The number of nitrogens with one attached hydrogen (secondary N) is 2. The lowest BCUT2D eigenvalue weighted by molar-refractivity contribution is 0.128. The van der Waals surface area contributed by atoms with E-state index in [-0.39, 0.29) is 11.4 Å². The van der Waals surface area contributed by atoms with E-state index in [2.05, 4.69) is 23.9 Å². The van der Waals surface area contributed by atoms with Gasteiger partial charge in [0.2, 0.25) is 10.0 Å². The fourth-order valence-corrected chi connectivity index (χ4v) is 2.98. The SMILES string of the molecule is CCNc1ccccc1S(=O)(=O)NCCOCCC(C)C. The van der Waals surface area contributed by atoms with Crippen LogP contribution in [0, 0.1) is 5.92 Å². The van der Waals surface area contributed by atoms with Gasteiger partial charge in [0.1, 0.15) is 4.90 Å². The second kappa shape index (κ2) is 9.02. The standard InChI is InChI=1S/C15H26N2O3S/c1-4-16-14-7-5-6-8-15(14)21(18,19)17-10-12-20-11-9-13(2)3/h5-8,13,16-17H,4,9-12H2,1-3H3. The molecule has 0 unspecified atom stereocenters. The van der Waals surface area contributed by atoms with E-state index >= 15 is 0 Å². The highest BCUT2D eigenvalue weighted by Gasteiger charge is 2.17. The van der Waals surface area contributed by atoms with Gasteiger partial charge in [0.25, 0.3) is 0 Å². The number of benzene rings is 1. The number of hydrogen-bond donors (Lipinski definition) is 2. The van der Waals surface area contributed by atoms with Crippen molar-refractivity contribution in [2.24, 2.45) is 5.92 Å². The van der Waals surface area contributed by atoms with Crippen molar-refractivity contribution < 1.29 is 13.2 Å². The molecule has 0 aliphatic carbocycles. The zero-order valence-corrected chi connectivity index (χ0v) is 13.9. The first-order chi connectivity index (χ1) is 9.97. The van der Waals surface area contributed by atoms with E-state index in [1.165, 1.54) is 0 Å². The maximum atomic E-state index is 12.3. The van der Waals surface area contributed by atoms with Crippen LogP contribution in [0.25, 0.3) is 0 Å². The highest BCUT2D eigenvalue weighted by Crippen LogP contribution is 2.20. The van der Waals surface area contributed by atoms with Gasteiger partial charge < -0.3 is 10.1 Å². The number of sulfonamides is 1. The van der Waals surface area contributed by atoms with Crippen LogP contribution in [0.3, 0.4) is 0 Å². The van der Waals surface area contributed by atoms with Crippen molar-refractivity contribution in [3.05, 3.63) is 24.3 Å². The lowest BCUT2D eigenvalue weighted by atomic mass is 10.1. The molecule has 0 aliphatic heterocycles. The van der Waals surface area contributed by atoms with E-state index in [1.54, 1.807) is 18.2 Å². The normalized spacial score (nSPS) is 11.8. The Morgan fingerprint density at radius 2 is 1.90 bits per heavy atom. The highest BCUT2D eigenvalue weighted by atomic mass is 32.2. The summed E-state index contributed by atoms with van der Waals surface area (Å²) in [5.41, 5.74) is 0.619. The van der Waals surface area contributed by atoms with Crippen LogP contribution < -0.4 is 10.0 Å². The van der Waals surface area contributed by atoms with Gasteiger partial charge in [-0.15, -0.1) is 0 Å². The van der Waals surface area contributed by atoms with E-state index in [9.17, 15) is 8.42 Å². The smallest absolute Gasteiger partial charge is 0.242 e. The Labute approximate surface area is 128 Å². The molecule has 21 heavy (non-hydrogen) atoms. The molecule has 0 radical (unpaired) electrons. The number of hydrogen-bond acceptors (Lipinski definition) is 4. The number of rotatable bonds is 10. The minimum Gasteiger partial charge on any atom is -0.384 e. The van der Waals surface area contributed by atoms with Crippen LogP contribution >= 0.6 is 0 Å². The number of anilines is 1. The molecule has 0 amide bonds. The summed E-state index contributed by atoms with van der Waals surface area (Å²) in [6.07, 6.45) is 0.982. The first-order valence-corrected chi connectivity index (χ1v) is 8.86. The Morgan fingerprint density at radius 3 is 2.57 bits per heavy atom. The van der Waals surface area contributed by atoms with E-state index in [4.69, 9.17) is 4.74 Å². The van der Waals surface area contributed by atoms with Gasteiger partial charge in [-0.2, -0.15) is 0 Å². The molecule has 0 atom stereocenters. The van der Waals surface area contributed by atoms with Gasteiger partial charge in [0.15, 0.2) is 0 Å². The third-order valence-corrected chi connectivity index (χ3v) is 4.44. The van der Waals surface area contributed by atoms with Crippen LogP contribution in [0.1, 0.15) is 27.2 Å². The van der Waals surface area contributed by atoms with E-state index in [0.29, 0.717) is 31.4 Å². The Bertz CT molecular complexity index is 515. The molecule has 5 nitrogen and oxygen atoms in total. The first-order valence-electron chi connectivity index (χ1n) is 7.37. The van der Waals surface area contributed by atoms with Crippen LogP contribution in [0.2, 0.25) is 0 Å². The monoisotopic (exact) mass is 314 g/mol. The molecular formula is C15H26N2O3S. The Kier molecular flexibility index (Phi) is 7.71. The lowest BCUT2D eigenvalue weighted by Gasteiger charge is -2.12. The summed E-state index contributed by atoms with van der Waals surface area (Å²) in [5, 5.41) is 3.05. The number of para-hydroxylation sites is 1. The summed E-state index contributed by atoms with van der Waals surface area (Å²) in [5.74, 6) is 0.591. The van der Waals surface area contributed by atoms with Crippen LogP contribution in [-0.2, 0) is 14.8 Å². The van der Waals surface area contributed by atoms with Crippen LogP contribution in [0.5, 0.6) is 0 Å². The van der Waals surface area contributed by atoms with Crippen molar-refractivity contribution in [1.82, 2.24) is 4.72 Å². The van der Waals surface area contributed by atoms with Gasteiger partial charge in [-0.1, -0.05) is 26.0 Å². The summed E-state index contributed by atoms with van der Waals surface area (Å²) < 4.78 is 32.5. The third-order valence-electron chi connectivity index (χ3n) is 2.92. The fourth-order valence-electron chi connectivity index (χ4n) is 1.78. The molecule has 0 saturated carbocycles. The summed E-state index contributed by atoms with van der Waals surface area (Å²) >= 11 is 0. The van der Waals surface area contributed by atoms with Gasteiger partial charge in [0, 0.05) is 19.7 Å². The maximum Gasteiger partial charge on any atom is 0.242 e. The van der Waals surface area contributed by atoms with Crippen LogP contribution in [-0.4, -0.2) is 34.7 Å². The van der Waals surface area contributed by atoms with Gasteiger partial charge in [-0.25, -0.2) is 13.1 Å². The second-order valence-electron chi connectivity index (χ2n) is 5.22. The Morgan fingerprint density at radius 1 is 1.19 bits per heavy atom. The highest BCUT2D eigenvalue weighted by molar-refractivity contribution is 7.89. The second-order valence-corrected chi connectivity index (χ2v) is 6.95. The van der Waals surface area contributed by atoms with Gasteiger partial charge in [0.05, 0.1) is 12.3 Å². The molecular weight excluding hydrogens is 288 g/mol. The van der Waals surface area contributed by atoms with Gasteiger partial charge in [-0.3, -0.25) is 0 Å². The minimum absolute atomic E-state index is 0.272. The molecule has 0 bridgehead atoms. The van der Waals surface area contributed by atoms with E-state index in [1.807, 2.05) is 13.0 Å². The van der Waals surface area contributed by atoms with Crippen molar-refractivity contribution in [2.75, 3.05) is 31.6 Å². The van der Waals surface area contributed by atoms with Crippen molar-refractivity contribution in [2.45, 2.75) is 32.1 Å². The summed E-state index contributed by atoms with van der Waals surface area (Å²) in [4.78, 5) is 0.272. The molecule has 0 heterocycles. The zero-order valence-electron chi connectivity index (χ0n) is 13.1. The van der Waals surface area contributed by atoms with Gasteiger partial charge in [-0.05, 0) is 31.4 Å². The molecule has 120 valence electrons. The molecule has 2 N–H and O–H groups in total. The average Bonchev–Trinajstić information content (AvgIpc) is 2.43. The van der Waals surface area contributed by atoms with Crippen molar-refractivity contribution >= 4 is 15.7 Å². The molecule has 1 aromatic carbocycles. The molecule has 0 spiro atoms. The predicted octanol–water partition coefficient (Wildman–Crippen LogP) is 2.46. The first kappa shape index (κ1) is 17.9. The predicted molar refractivity (Wildman–Crippen MR) is 86.1 cm³/mol. The summed E-state index contributed by atoms with van der Waals surface area (Å²) in [6.45, 7) is 8.18. The average molecular weight is 314 g/mol. The third kappa shape index (κ3) is 6.46. The van der Waals surface area contributed by atoms with Crippen molar-refractivity contribution in [3.63, 3.8) is 0 Å². The fraction of sp³-hybridized carbons (Fsp3) is 0.600. The number of ether oxygens (including phenoxy) is 1. The molecule has 1 rings (SSSR count). The molecule has 0 aromatic heterocycles. The maximum absolute atomic E-state index is 12.3. The largest absolute Gasteiger partial charge is 0.384 e. The summed E-state index contributed by atoms with van der Waals surface area (Å²) in [7, 11) is -3.51. The molecule has 0 fully saturated rings. The minimum atomic E-state index is -3.51. The van der Waals surface area contributed by atoms with Crippen LogP contribution in [0.4, 0.5) is 5.69 Å². The van der Waals surface area contributed by atoms with Crippen molar-refractivity contribution in [3.8, 4) is 0 Å². The van der Waals surface area contributed by atoms with E-state index < -0.39 is 10.0 Å². The molecule has 1 aromatic rings. The van der Waals surface area contributed by atoms with Gasteiger partial charge >= 0.3 is 0 Å². The molecule has 0 aliphatic rings. The lowest BCUT2D eigenvalue weighted by Crippen LogP contribution is -2.28. The Balaban J connectivity index is 2.50. The van der Waals surface area contributed by atoms with Crippen LogP contribution in [0.15, 0.2) is 29.2 Å². The topological polar surface area (TPSA) is 67.4 Å². The molecule has 6 heteroatoms.